The smallest absolute Gasteiger partial charge is 0.254 e. The van der Waals surface area contributed by atoms with E-state index in [1.54, 1.807) is 6.20 Å². The molecular formula is C22H28ClN3OS. The molecule has 4 nitrogen and oxygen atoms in total. The van der Waals surface area contributed by atoms with E-state index in [0.29, 0.717) is 5.56 Å². The second-order valence-electron chi connectivity index (χ2n) is 7.88. The van der Waals surface area contributed by atoms with E-state index in [9.17, 15) is 4.79 Å². The zero-order valence-electron chi connectivity index (χ0n) is 16.4. The lowest BCUT2D eigenvalue weighted by Crippen LogP contribution is -2.52. The number of halogens is 1. The molecule has 1 aliphatic carbocycles. The highest BCUT2D eigenvalue weighted by Gasteiger charge is 2.48. The average molecular weight is 418 g/mol. The molecule has 1 aromatic carbocycles. The van der Waals surface area contributed by atoms with Crippen LogP contribution in [0.3, 0.4) is 0 Å². The lowest BCUT2D eigenvalue weighted by Gasteiger charge is -2.41. The first kappa shape index (κ1) is 21.2. The van der Waals surface area contributed by atoms with Crippen molar-refractivity contribution < 1.29 is 4.79 Å². The van der Waals surface area contributed by atoms with E-state index in [2.05, 4.69) is 46.8 Å². The Balaban J connectivity index is 0.00000225. The maximum Gasteiger partial charge on any atom is 0.254 e. The van der Waals surface area contributed by atoms with Crippen LogP contribution in [0, 0.1) is 12.8 Å². The molecule has 1 aromatic heterocycles. The van der Waals surface area contributed by atoms with Gasteiger partial charge in [0.05, 0.1) is 11.6 Å². The van der Waals surface area contributed by atoms with Crippen molar-refractivity contribution >= 4 is 30.1 Å². The van der Waals surface area contributed by atoms with E-state index in [0.717, 1.165) is 30.3 Å². The van der Waals surface area contributed by atoms with Crippen molar-refractivity contribution in [2.75, 3.05) is 12.8 Å². The summed E-state index contributed by atoms with van der Waals surface area (Å²) in [4.78, 5) is 17.6. The predicted octanol–water partition coefficient (Wildman–Crippen LogP) is 4.54. The van der Waals surface area contributed by atoms with E-state index in [1.807, 2.05) is 18.4 Å². The summed E-state index contributed by atoms with van der Waals surface area (Å²) in [7, 11) is 0. The van der Waals surface area contributed by atoms with E-state index in [1.165, 1.54) is 35.7 Å². The number of carbonyl (C=O) groups is 1. The van der Waals surface area contributed by atoms with Gasteiger partial charge in [-0.2, -0.15) is 0 Å². The van der Waals surface area contributed by atoms with Gasteiger partial charge < -0.3 is 10.6 Å². The second kappa shape index (κ2) is 8.85. The Labute approximate surface area is 177 Å². The van der Waals surface area contributed by atoms with E-state index >= 15 is 0 Å². The van der Waals surface area contributed by atoms with Crippen molar-refractivity contribution in [1.29, 1.82) is 0 Å². The zero-order valence-corrected chi connectivity index (χ0v) is 18.0. The molecular weight excluding hydrogens is 390 g/mol. The summed E-state index contributed by atoms with van der Waals surface area (Å²) >= 11 is 1.51. The largest absolute Gasteiger partial charge is 0.343 e. The molecule has 3 unspecified atom stereocenters. The summed E-state index contributed by atoms with van der Waals surface area (Å²) in [6.07, 6.45) is 8.45. The highest BCUT2D eigenvalue weighted by atomic mass is 35.5. The minimum Gasteiger partial charge on any atom is -0.343 e. The number of fused-ring (bicyclic) bond motifs is 2. The molecule has 1 saturated heterocycles. The fraction of sp³-hybridized carbons (Fsp3) is 0.455. The zero-order chi connectivity index (χ0) is 18.9. The number of pyridine rings is 1. The third-order valence-corrected chi connectivity index (χ3v) is 6.76. The van der Waals surface area contributed by atoms with Gasteiger partial charge in [-0.3, -0.25) is 4.79 Å². The van der Waals surface area contributed by atoms with Gasteiger partial charge in [0.2, 0.25) is 0 Å². The summed E-state index contributed by atoms with van der Waals surface area (Å²) in [5, 5.41) is 7.96. The summed E-state index contributed by atoms with van der Waals surface area (Å²) in [5.74, 6) is 0.687. The number of thioether (sulfide) groups is 1. The Morgan fingerprint density at radius 3 is 3.00 bits per heavy atom. The third-order valence-electron chi connectivity index (χ3n) is 6.04. The number of carbonyl (C=O) groups excluding carboxylic acids is 1. The Morgan fingerprint density at radius 1 is 1.36 bits per heavy atom. The predicted molar refractivity (Wildman–Crippen MR) is 117 cm³/mol. The summed E-state index contributed by atoms with van der Waals surface area (Å²) in [6, 6.07) is 12.2. The van der Waals surface area contributed by atoms with Gasteiger partial charge in [0.15, 0.2) is 0 Å². The van der Waals surface area contributed by atoms with Crippen molar-refractivity contribution in [3.8, 4) is 0 Å². The molecule has 0 radical (unpaired) electrons. The SMILES string of the molecule is CSc1ncccc1C(=O)NC(c1cccc(C)c1)C12CCCC(CN1)C2.Cl. The Kier molecular flexibility index (Phi) is 6.69. The quantitative estimate of drug-likeness (QED) is 0.701. The number of benzene rings is 1. The molecule has 28 heavy (non-hydrogen) atoms. The summed E-state index contributed by atoms with van der Waals surface area (Å²) in [6.45, 7) is 3.17. The molecule has 1 aliphatic heterocycles. The number of nitrogens with one attached hydrogen (secondary N) is 2. The van der Waals surface area contributed by atoms with Crippen molar-refractivity contribution in [3.63, 3.8) is 0 Å². The van der Waals surface area contributed by atoms with Crippen LogP contribution in [0.5, 0.6) is 0 Å². The highest BCUT2D eigenvalue weighted by Crippen LogP contribution is 2.45. The number of hydrogen-bond donors (Lipinski definition) is 2. The maximum atomic E-state index is 13.2. The van der Waals surface area contributed by atoms with Crippen molar-refractivity contribution in [3.05, 3.63) is 59.3 Å². The number of rotatable bonds is 5. The fourth-order valence-electron chi connectivity index (χ4n) is 4.80. The highest BCUT2D eigenvalue weighted by molar-refractivity contribution is 7.98. The first-order valence-electron chi connectivity index (χ1n) is 9.73. The van der Waals surface area contributed by atoms with E-state index in [-0.39, 0.29) is 29.9 Å². The molecule has 2 aromatic rings. The normalized spacial score (nSPS) is 24.3. The van der Waals surface area contributed by atoms with Crippen LogP contribution in [0.25, 0.3) is 0 Å². The van der Waals surface area contributed by atoms with Gasteiger partial charge >= 0.3 is 0 Å². The monoisotopic (exact) mass is 417 g/mol. The maximum absolute atomic E-state index is 13.2. The number of nitrogens with zero attached hydrogens (tertiary/aromatic N) is 1. The number of hydrogen-bond acceptors (Lipinski definition) is 4. The third kappa shape index (κ3) is 4.07. The molecule has 1 saturated carbocycles. The lowest BCUT2D eigenvalue weighted by atomic mass is 9.73. The summed E-state index contributed by atoms with van der Waals surface area (Å²) in [5.41, 5.74) is 3.02. The Hall–Kier alpha value is -1.56. The van der Waals surface area contributed by atoms with Gasteiger partial charge in [-0.05, 0) is 62.6 Å². The Bertz CT molecular complexity index is 842. The molecule has 2 aliphatic rings. The van der Waals surface area contributed by atoms with Crippen LogP contribution in [-0.4, -0.2) is 29.2 Å². The minimum absolute atomic E-state index is 0. The molecule has 4 rings (SSSR count). The van der Waals surface area contributed by atoms with Gasteiger partial charge in [-0.15, -0.1) is 24.2 Å². The molecule has 6 heteroatoms. The first-order chi connectivity index (χ1) is 13.1. The summed E-state index contributed by atoms with van der Waals surface area (Å²) < 4.78 is 0. The molecule has 2 bridgehead atoms. The molecule has 2 fully saturated rings. The van der Waals surface area contributed by atoms with Crippen LogP contribution >= 0.6 is 24.2 Å². The lowest BCUT2D eigenvalue weighted by molar-refractivity contribution is 0.0889. The number of amides is 1. The van der Waals surface area contributed by atoms with Crippen LogP contribution in [0.15, 0.2) is 47.6 Å². The molecule has 2 N–H and O–H groups in total. The van der Waals surface area contributed by atoms with Crippen molar-refractivity contribution in [2.45, 2.75) is 49.2 Å². The fourth-order valence-corrected chi connectivity index (χ4v) is 5.34. The molecule has 1 amide bonds. The van der Waals surface area contributed by atoms with E-state index in [4.69, 9.17) is 0 Å². The van der Waals surface area contributed by atoms with Crippen LogP contribution in [0.1, 0.15) is 53.2 Å². The van der Waals surface area contributed by atoms with Crippen LogP contribution in [-0.2, 0) is 0 Å². The molecule has 2 heterocycles. The molecule has 0 spiro atoms. The number of aryl methyl sites for hydroxylation is 1. The van der Waals surface area contributed by atoms with Crippen LogP contribution in [0.4, 0.5) is 0 Å². The van der Waals surface area contributed by atoms with E-state index < -0.39 is 0 Å². The van der Waals surface area contributed by atoms with Crippen LogP contribution < -0.4 is 10.6 Å². The standard InChI is InChI=1S/C22H27N3OS.ClH/c1-15-6-3-8-17(12-15)19(22-10-4-7-16(13-22)14-24-22)25-20(26)18-9-5-11-23-21(18)27-2;/h3,5-6,8-9,11-12,16,19,24H,4,7,10,13-14H2,1-2H3,(H,25,26);1H. The molecule has 3 atom stereocenters. The second-order valence-corrected chi connectivity index (χ2v) is 8.68. The van der Waals surface area contributed by atoms with Crippen molar-refractivity contribution in [1.82, 2.24) is 15.6 Å². The minimum atomic E-state index is -0.0475. The van der Waals surface area contributed by atoms with Crippen molar-refractivity contribution in [2.24, 2.45) is 5.92 Å². The molecule has 150 valence electrons. The van der Waals surface area contributed by atoms with Gasteiger partial charge in [-0.1, -0.05) is 36.2 Å². The average Bonchev–Trinajstić information content (AvgIpc) is 3.00. The Morgan fingerprint density at radius 2 is 2.21 bits per heavy atom. The van der Waals surface area contributed by atoms with Gasteiger partial charge in [0, 0.05) is 11.7 Å². The van der Waals surface area contributed by atoms with Gasteiger partial charge in [0.1, 0.15) is 5.03 Å². The van der Waals surface area contributed by atoms with Gasteiger partial charge in [-0.25, -0.2) is 4.98 Å². The number of aromatic nitrogens is 1. The van der Waals surface area contributed by atoms with Crippen LogP contribution in [0.2, 0.25) is 0 Å². The van der Waals surface area contributed by atoms with Gasteiger partial charge in [0.25, 0.3) is 5.91 Å². The topological polar surface area (TPSA) is 54.0 Å². The first-order valence-corrected chi connectivity index (χ1v) is 11.0.